The number of likely N-dealkylation sites (tertiary alicyclic amines) is 1. The minimum atomic E-state index is 0.0445. The summed E-state index contributed by atoms with van der Waals surface area (Å²) in [6.45, 7) is 0.767. The summed E-state index contributed by atoms with van der Waals surface area (Å²) in [5.41, 5.74) is 2.58. The highest BCUT2D eigenvalue weighted by atomic mass is 16.5. The number of nitrogens with one attached hydrogen (secondary N) is 1. The Morgan fingerprint density at radius 2 is 2.21 bits per heavy atom. The van der Waals surface area contributed by atoms with Gasteiger partial charge in [0.25, 0.3) is 5.91 Å². The van der Waals surface area contributed by atoms with E-state index in [1.807, 2.05) is 35.2 Å². The molecule has 1 N–H and O–H groups in total. The molecule has 1 amide bonds. The van der Waals surface area contributed by atoms with Gasteiger partial charge < -0.3 is 14.6 Å². The molecule has 0 bridgehead atoms. The van der Waals surface area contributed by atoms with Crippen LogP contribution in [0.5, 0.6) is 5.75 Å². The summed E-state index contributed by atoms with van der Waals surface area (Å²) >= 11 is 0. The van der Waals surface area contributed by atoms with Crippen LogP contribution in [0.4, 0.5) is 0 Å². The van der Waals surface area contributed by atoms with Crippen LogP contribution in [0.1, 0.15) is 34.9 Å². The van der Waals surface area contributed by atoms with E-state index in [2.05, 4.69) is 16.0 Å². The van der Waals surface area contributed by atoms with Gasteiger partial charge in [0.2, 0.25) is 0 Å². The number of pyridine rings is 1. The second-order valence-electron chi connectivity index (χ2n) is 6.05. The molecule has 0 radical (unpaired) electrons. The van der Waals surface area contributed by atoms with E-state index in [0.29, 0.717) is 11.3 Å². The van der Waals surface area contributed by atoms with E-state index in [1.54, 1.807) is 19.4 Å². The van der Waals surface area contributed by atoms with Crippen molar-refractivity contribution in [2.45, 2.75) is 18.9 Å². The number of nitrogens with zero attached hydrogens (tertiary/aromatic N) is 2. The predicted molar refractivity (Wildman–Crippen MR) is 92.1 cm³/mol. The van der Waals surface area contributed by atoms with Crippen LogP contribution < -0.4 is 4.74 Å². The van der Waals surface area contributed by atoms with Crippen LogP contribution in [0.3, 0.4) is 0 Å². The van der Waals surface area contributed by atoms with E-state index in [-0.39, 0.29) is 11.9 Å². The van der Waals surface area contributed by atoms with Gasteiger partial charge in [0.05, 0.1) is 13.2 Å². The molecule has 4 rings (SSSR count). The topological polar surface area (TPSA) is 58.2 Å². The van der Waals surface area contributed by atoms with Gasteiger partial charge in [-0.25, -0.2) is 4.98 Å². The number of fused-ring (bicyclic) bond motifs is 1. The number of carbonyl (C=O) groups is 1. The lowest BCUT2D eigenvalue weighted by Gasteiger charge is -2.24. The van der Waals surface area contributed by atoms with Crippen LogP contribution in [0.2, 0.25) is 0 Å². The van der Waals surface area contributed by atoms with Crippen molar-refractivity contribution in [2.75, 3.05) is 13.7 Å². The predicted octanol–water partition coefficient (Wildman–Crippen LogP) is 3.55. The number of hydrogen-bond donors (Lipinski definition) is 1. The Kier molecular flexibility index (Phi) is 3.69. The molecule has 0 spiro atoms. The third-order valence-electron chi connectivity index (χ3n) is 4.60. The molecule has 1 fully saturated rings. The normalized spacial score (nSPS) is 17.4. The molecule has 5 heteroatoms. The van der Waals surface area contributed by atoms with Crippen LogP contribution in [0.15, 0.2) is 48.7 Å². The maximum absolute atomic E-state index is 13.0. The van der Waals surface area contributed by atoms with E-state index in [4.69, 9.17) is 4.74 Å². The monoisotopic (exact) mass is 321 g/mol. The van der Waals surface area contributed by atoms with Crippen LogP contribution in [0.25, 0.3) is 11.0 Å². The molecule has 1 aromatic carbocycles. The lowest BCUT2D eigenvalue weighted by molar-refractivity contribution is 0.0733. The molecule has 1 aliphatic rings. The molecule has 122 valence electrons. The molecule has 2 aromatic heterocycles. The van der Waals surface area contributed by atoms with E-state index < -0.39 is 0 Å². The van der Waals surface area contributed by atoms with Crippen molar-refractivity contribution < 1.29 is 9.53 Å². The average molecular weight is 321 g/mol. The largest absolute Gasteiger partial charge is 0.497 e. The number of benzene rings is 1. The summed E-state index contributed by atoms with van der Waals surface area (Å²) in [4.78, 5) is 22.6. The van der Waals surface area contributed by atoms with Crippen LogP contribution >= 0.6 is 0 Å². The summed E-state index contributed by atoms with van der Waals surface area (Å²) in [6.07, 6.45) is 3.74. The Hall–Kier alpha value is -2.82. The summed E-state index contributed by atoms with van der Waals surface area (Å²) in [5.74, 6) is 0.745. The molecule has 3 aromatic rings. The fraction of sp³-hybridized carbons (Fsp3) is 0.263. The standard InChI is InChI=1S/C19H19N3O2/c1-24-15-7-2-5-14(11-15)19(23)22-10-4-8-17(22)16-12-13-6-3-9-20-18(13)21-16/h2-3,5-7,9,11-12,17H,4,8,10H2,1H3,(H,20,21)/t17-/m0/s1. The fourth-order valence-corrected chi connectivity index (χ4v) is 3.41. The van der Waals surface area contributed by atoms with Gasteiger partial charge in [-0.3, -0.25) is 4.79 Å². The van der Waals surface area contributed by atoms with Crippen molar-refractivity contribution in [2.24, 2.45) is 0 Å². The number of H-pyrrole nitrogens is 1. The van der Waals surface area contributed by atoms with Crippen molar-refractivity contribution in [3.8, 4) is 5.75 Å². The molecule has 0 unspecified atom stereocenters. The van der Waals surface area contributed by atoms with Gasteiger partial charge >= 0.3 is 0 Å². The molecule has 1 saturated heterocycles. The zero-order valence-electron chi connectivity index (χ0n) is 13.5. The van der Waals surface area contributed by atoms with Crippen LogP contribution in [-0.4, -0.2) is 34.4 Å². The van der Waals surface area contributed by atoms with Gasteiger partial charge in [0, 0.05) is 29.4 Å². The van der Waals surface area contributed by atoms with Crippen molar-refractivity contribution in [1.29, 1.82) is 0 Å². The number of rotatable bonds is 3. The lowest BCUT2D eigenvalue weighted by atomic mass is 10.1. The highest BCUT2D eigenvalue weighted by Gasteiger charge is 2.31. The third-order valence-corrected chi connectivity index (χ3v) is 4.60. The number of methoxy groups -OCH3 is 1. The van der Waals surface area contributed by atoms with E-state index in [1.165, 1.54) is 0 Å². The Balaban J connectivity index is 1.65. The number of hydrogen-bond acceptors (Lipinski definition) is 3. The van der Waals surface area contributed by atoms with Gasteiger partial charge in [0.15, 0.2) is 0 Å². The number of ether oxygens (including phenoxy) is 1. The number of aromatic amines is 1. The van der Waals surface area contributed by atoms with Gasteiger partial charge in [-0.1, -0.05) is 6.07 Å². The molecular weight excluding hydrogens is 302 g/mol. The highest BCUT2D eigenvalue weighted by molar-refractivity contribution is 5.95. The SMILES string of the molecule is COc1cccc(C(=O)N2CCC[C@H]2c2cc3cccnc3[nH]2)c1. The Morgan fingerprint density at radius 1 is 1.29 bits per heavy atom. The minimum absolute atomic E-state index is 0.0445. The first-order valence-corrected chi connectivity index (χ1v) is 8.15. The minimum Gasteiger partial charge on any atom is -0.497 e. The fourth-order valence-electron chi connectivity index (χ4n) is 3.41. The molecular formula is C19H19N3O2. The number of amides is 1. The zero-order valence-corrected chi connectivity index (χ0v) is 13.5. The summed E-state index contributed by atoms with van der Waals surface area (Å²) in [7, 11) is 1.61. The lowest BCUT2D eigenvalue weighted by Crippen LogP contribution is -2.30. The van der Waals surface area contributed by atoms with Crippen molar-refractivity contribution >= 4 is 16.9 Å². The highest BCUT2D eigenvalue weighted by Crippen LogP contribution is 2.34. The quantitative estimate of drug-likeness (QED) is 0.802. The van der Waals surface area contributed by atoms with Gasteiger partial charge in [-0.2, -0.15) is 0 Å². The first kappa shape index (κ1) is 14.8. The van der Waals surface area contributed by atoms with Crippen molar-refractivity contribution in [1.82, 2.24) is 14.9 Å². The maximum atomic E-state index is 13.0. The number of carbonyl (C=O) groups excluding carboxylic acids is 1. The molecule has 1 atom stereocenters. The van der Waals surface area contributed by atoms with Gasteiger partial charge in [-0.15, -0.1) is 0 Å². The first-order chi connectivity index (χ1) is 11.8. The van der Waals surface area contributed by atoms with E-state index in [9.17, 15) is 4.79 Å². The summed E-state index contributed by atoms with van der Waals surface area (Å²) < 4.78 is 5.23. The first-order valence-electron chi connectivity index (χ1n) is 8.15. The molecule has 5 nitrogen and oxygen atoms in total. The Morgan fingerprint density at radius 3 is 3.04 bits per heavy atom. The second kappa shape index (κ2) is 6.00. The Labute approximate surface area is 140 Å². The summed E-state index contributed by atoms with van der Waals surface area (Å²) in [5, 5.41) is 1.08. The van der Waals surface area contributed by atoms with Crippen LogP contribution in [-0.2, 0) is 0 Å². The molecule has 3 heterocycles. The van der Waals surface area contributed by atoms with Crippen molar-refractivity contribution in [3.05, 3.63) is 59.9 Å². The van der Waals surface area contributed by atoms with Crippen LogP contribution in [0, 0.1) is 0 Å². The average Bonchev–Trinajstić information content (AvgIpc) is 3.27. The van der Waals surface area contributed by atoms with Crippen molar-refractivity contribution in [3.63, 3.8) is 0 Å². The Bertz CT molecular complexity index is 854. The van der Waals surface area contributed by atoms with Gasteiger partial charge in [0.1, 0.15) is 11.4 Å². The summed E-state index contributed by atoms with van der Waals surface area (Å²) in [6, 6.07) is 13.5. The smallest absolute Gasteiger partial charge is 0.254 e. The van der Waals surface area contributed by atoms with Gasteiger partial charge in [-0.05, 0) is 49.2 Å². The molecule has 24 heavy (non-hydrogen) atoms. The molecule has 0 saturated carbocycles. The third kappa shape index (κ3) is 2.52. The zero-order chi connectivity index (χ0) is 16.5. The maximum Gasteiger partial charge on any atom is 0.254 e. The number of aromatic nitrogens is 2. The van der Waals surface area contributed by atoms with E-state index in [0.717, 1.165) is 36.1 Å². The van der Waals surface area contributed by atoms with E-state index >= 15 is 0 Å². The second-order valence-corrected chi connectivity index (χ2v) is 6.05. The molecule has 0 aliphatic carbocycles. The molecule has 1 aliphatic heterocycles.